The fraction of sp³-hybridized carbons (Fsp3) is 0.417. The van der Waals surface area contributed by atoms with Crippen molar-refractivity contribution in [3.8, 4) is 0 Å². The zero-order valence-electron chi connectivity index (χ0n) is 9.24. The van der Waals surface area contributed by atoms with Gasteiger partial charge in [0.2, 0.25) is 0 Å². The van der Waals surface area contributed by atoms with Crippen molar-refractivity contribution in [3.63, 3.8) is 0 Å². The first-order chi connectivity index (χ1) is 7.58. The lowest BCUT2D eigenvalue weighted by atomic mass is 10.1. The summed E-state index contributed by atoms with van der Waals surface area (Å²) in [6.07, 6.45) is 0.887. The summed E-state index contributed by atoms with van der Waals surface area (Å²) in [7, 11) is 0. The number of nitrogens with two attached hydrogens (primary N) is 1. The van der Waals surface area contributed by atoms with Gasteiger partial charge in [0.1, 0.15) is 0 Å². The Balaban J connectivity index is 2.18. The molecule has 1 amide bonds. The van der Waals surface area contributed by atoms with Crippen LogP contribution in [0.3, 0.4) is 0 Å². The summed E-state index contributed by atoms with van der Waals surface area (Å²) in [4.78, 5) is 13.9. The lowest BCUT2D eigenvalue weighted by Crippen LogP contribution is -2.31. The molecule has 0 bridgehead atoms. The molecule has 1 saturated heterocycles. The van der Waals surface area contributed by atoms with Crippen LogP contribution in [0.1, 0.15) is 22.3 Å². The minimum Gasteiger partial charge on any atom is -0.337 e. The molecule has 0 spiro atoms. The standard InChI is InChI=1S/C12H15ClN2O/c1-8-6-9(2-3-11(8)13)12(16)15-5-4-10(14)7-15/h2-3,6,10H,4-5,7,14H2,1H3. The first kappa shape index (κ1) is 11.4. The molecule has 1 aromatic rings. The van der Waals surface area contributed by atoms with Crippen LogP contribution < -0.4 is 5.73 Å². The topological polar surface area (TPSA) is 46.3 Å². The number of aryl methyl sites for hydroxylation is 1. The Kier molecular flexibility index (Phi) is 3.17. The average molecular weight is 239 g/mol. The molecule has 1 atom stereocenters. The Morgan fingerprint density at radius 2 is 2.31 bits per heavy atom. The van der Waals surface area contributed by atoms with Crippen LogP contribution in [0.2, 0.25) is 5.02 Å². The minimum absolute atomic E-state index is 0.0488. The van der Waals surface area contributed by atoms with Crippen molar-refractivity contribution in [2.75, 3.05) is 13.1 Å². The molecule has 4 heteroatoms. The first-order valence-corrected chi connectivity index (χ1v) is 5.76. The zero-order chi connectivity index (χ0) is 11.7. The number of hydrogen-bond acceptors (Lipinski definition) is 2. The number of halogens is 1. The third-order valence-electron chi connectivity index (χ3n) is 2.92. The second-order valence-electron chi connectivity index (χ2n) is 4.26. The van der Waals surface area contributed by atoms with Gasteiger partial charge in [-0.05, 0) is 37.1 Å². The average Bonchev–Trinajstić information content (AvgIpc) is 2.68. The molecular formula is C12H15ClN2O. The minimum atomic E-state index is 0.0488. The monoisotopic (exact) mass is 238 g/mol. The molecule has 1 aromatic carbocycles. The molecule has 86 valence electrons. The van der Waals surface area contributed by atoms with Crippen molar-refractivity contribution in [3.05, 3.63) is 34.3 Å². The van der Waals surface area contributed by atoms with Crippen LogP contribution in [0.5, 0.6) is 0 Å². The molecule has 1 aliphatic heterocycles. The van der Waals surface area contributed by atoms with Crippen LogP contribution in [0.25, 0.3) is 0 Å². The third-order valence-corrected chi connectivity index (χ3v) is 3.34. The molecule has 0 radical (unpaired) electrons. The van der Waals surface area contributed by atoms with Gasteiger partial charge in [0.05, 0.1) is 0 Å². The van der Waals surface area contributed by atoms with Crippen LogP contribution in [0.4, 0.5) is 0 Å². The molecule has 2 rings (SSSR count). The van der Waals surface area contributed by atoms with Gasteiger partial charge in [-0.1, -0.05) is 11.6 Å². The molecule has 1 fully saturated rings. The van der Waals surface area contributed by atoms with Gasteiger partial charge in [0.25, 0.3) is 5.91 Å². The molecule has 1 aliphatic rings. The fourth-order valence-corrected chi connectivity index (χ4v) is 2.05. The molecular weight excluding hydrogens is 224 g/mol. The molecule has 0 aliphatic carbocycles. The van der Waals surface area contributed by atoms with E-state index in [2.05, 4.69) is 0 Å². The molecule has 2 N–H and O–H groups in total. The molecule has 16 heavy (non-hydrogen) atoms. The number of rotatable bonds is 1. The van der Waals surface area contributed by atoms with E-state index in [0.29, 0.717) is 17.1 Å². The van der Waals surface area contributed by atoms with Crippen molar-refractivity contribution >= 4 is 17.5 Å². The Morgan fingerprint density at radius 1 is 1.56 bits per heavy atom. The summed E-state index contributed by atoms with van der Waals surface area (Å²) in [6.45, 7) is 3.30. The van der Waals surface area contributed by atoms with Gasteiger partial charge in [0.15, 0.2) is 0 Å². The van der Waals surface area contributed by atoms with Gasteiger partial charge in [-0.2, -0.15) is 0 Å². The summed E-state index contributed by atoms with van der Waals surface area (Å²) >= 11 is 5.92. The number of likely N-dealkylation sites (tertiary alicyclic amines) is 1. The summed E-state index contributed by atoms with van der Waals surface area (Å²) in [6, 6.07) is 5.48. The lowest BCUT2D eigenvalue weighted by molar-refractivity contribution is 0.0791. The van der Waals surface area contributed by atoms with E-state index in [1.807, 2.05) is 13.0 Å². The molecule has 0 aromatic heterocycles. The maximum absolute atomic E-state index is 12.1. The molecule has 1 unspecified atom stereocenters. The van der Waals surface area contributed by atoms with Gasteiger partial charge in [-0.25, -0.2) is 0 Å². The number of nitrogens with zero attached hydrogens (tertiary/aromatic N) is 1. The summed E-state index contributed by atoms with van der Waals surface area (Å²) in [5.41, 5.74) is 7.40. The summed E-state index contributed by atoms with van der Waals surface area (Å²) in [5, 5.41) is 0.690. The Hall–Kier alpha value is -1.06. The van der Waals surface area contributed by atoms with Gasteiger partial charge in [-0.3, -0.25) is 4.79 Å². The first-order valence-electron chi connectivity index (χ1n) is 5.39. The molecule has 3 nitrogen and oxygen atoms in total. The highest BCUT2D eigenvalue weighted by Crippen LogP contribution is 2.19. The largest absolute Gasteiger partial charge is 0.337 e. The van der Waals surface area contributed by atoms with Crippen LogP contribution in [0, 0.1) is 6.92 Å². The number of carbonyl (C=O) groups excluding carboxylic acids is 1. The van der Waals surface area contributed by atoms with Crippen LogP contribution in [-0.4, -0.2) is 29.9 Å². The van der Waals surface area contributed by atoms with Crippen LogP contribution in [0.15, 0.2) is 18.2 Å². The second-order valence-corrected chi connectivity index (χ2v) is 4.67. The smallest absolute Gasteiger partial charge is 0.253 e. The van der Waals surface area contributed by atoms with E-state index in [1.54, 1.807) is 17.0 Å². The maximum Gasteiger partial charge on any atom is 0.253 e. The Labute approximate surface area is 100 Å². The third kappa shape index (κ3) is 2.20. The van der Waals surface area contributed by atoms with Gasteiger partial charge >= 0.3 is 0 Å². The van der Waals surface area contributed by atoms with Gasteiger partial charge in [-0.15, -0.1) is 0 Å². The normalized spacial score (nSPS) is 20.2. The van der Waals surface area contributed by atoms with E-state index in [0.717, 1.165) is 18.5 Å². The Bertz CT molecular complexity index is 419. The van der Waals surface area contributed by atoms with E-state index in [1.165, 1.54) is 0 Å². The van der Waals surface area contributed by atoms with E-state index >= 15 is 0 Å². The Morgan fingerprint density at radius 3 is 2.88 bits per heavy atom. The van der Waals surface area contributed by atoms with Gasteiger partial charge < -0.3 is 10.6 Å². The number of carbonyl (C=O) groups is 1. The van der Waals surface area contributed by atoms with Crippen molar-refractivity contribution in [2.45, 2.75) is 19.4 Å². The van der Waals surface area contributed by atoms with E-state index in [9.17, 15) is 4.79 Å². The second kappa shape index (κ2) is 4.44. The predicted molar refractivity (Wildman–Crippen MR) is 64.7 cm³/mol. The quantitative estimate of drug-likeness (QED) is 0.811. The summed E-state index contributed by atoms with van der Waals surface area (Å²) < 4.78 is 0. The predicted octanol–water partition coefficient (Wildman–Crippen LogP) is 1.82. The van der Waals surface area contributed by atoms with Crippen LogP contribution >= 0.6 is 11.6 Å². The van der Waals surface area contributed by atoms with E-state index < -0.39 is 0 Å². The maximum atomic E-state index is 12.1. The highest BCUT2D eigenvalue weighted by Gasteiger charge is 2.24. The highest BCUT2D eigenvalue weighted by atomic mass is 35.5. The molecule has 1 heterocycles. The van der Waals surface area contributed by atoms with Crippen molar-refractivity contribution in [2.24, 2.45) is 5.73 Å². The van der Waals surface area contributed by atoms with E-state index in [-0.39, 0.29) is 11.9 Å². The van der Waals surface area contributed by atoms with Crippen LogP contribution in [-0.2, 0) is 0 Å². The summed E-state index contributed by atoms with van der Waals surface area (Å²) in [5.74, 6) is 0.0488. The zero-order valence-corrected chi connectivity index (χ0v) is 10.00. The SMILES string of the molecule is Cc1cc(C(=O)N2CCC(N)C2)ccc1Cl. The van der Waals surface area contributed by atoms with Gasteiger partial charge in [0, 0.05) is 29.7 Å². The molecule has 0 saturated carbocycles. The lowest BCUT2D eigenvalue weighted by Gasteiger charge is -2.16. The number of amides is 1. The van der Waals surface area contributed by atoms with E-state index in [4.69, 9.17) is 17.3 Å². The number of hydrogen-bond donors (Lipinski definition) is 1. The number of benzene rings is 1. The van der Waals surface area contributed by atoms with Crippen molar-refractivity contribution < 1.29 is 4.79 Å². The fourth-order valence-electron chi connectivity index (χ4n) is 1.93. The van der Waals surface area contributed by atoms with Crippen molar-refractivity contribution in [1.82, 2.24) is 4.90 Å². The highest BCUT2D eigenvalue weighted by molar-refractivity contribution is 6.31. The van der Waals surface area contributed by atoms with Crippen molar-refractivity contribution in [1.29, 1.82) is 0 Å².